The highest BCUT2D eigenvalue weighted by atomic mass is 19.1. The summed E-state index contributed by atoms with van der Waals surface area (Å²) in [5.74, 6) is 6.00. The molecule has 2 unspecified atom stereocenters. The van der Waals surface area contributed by atoms with Crippen molar-refractivity contribution in [2.24, 2.45) is 5.84 Å². The van der Waals surface area contributed by atoms with E-state index in [4.69, 9.17) is 15.0 Å². The van der Waals surface area contributed by atoms with Crippen LogP contribution >= 0.6 is 0 Å². The highest BCUT2D eigenvalue weighted by Gasteiger charge is 2.16. The number of furan rings is 1. The molecule has 0 saturated carbocycles. The normalized spacial score (nSPS) is 14.7. The largest absolute Gasteiger partial charge is 0.459 e. The van der Waals surface area contributed by atoms with Gasteiger partial charge in [-0.15, -0.1) is 0 Å². The fourth-order valence-corrected chi connectivity index (χ4v) is 2.03. The van der Waals surface area contributed by atoms with Gasteiger partial charge in [-0.05, 0) is 44.0 Å². The maximum atomic E-state index is 13.1. The number of hydrogen-bond donors (Lipinski definition) is 2. The van der Waals surface area contributed by atoms with Crippen molar-refractivity contribution in [1.29, 1.82) is 0 Å². The smallest absolute Gasteiger partial charge is 0.134 e. The second-order valence-electron chi connectivity index (χ2n) is 4.67. The lowest BCUT2D eigenvalue weighted by molar-refractivity contribution is 0.105. The molecule has 1 heterocycles. The molecular weight excluding hydrogens is 247 g/mol. The van der Waals surface area contributed by atoms with Crippen molar-refractivity contribution in [3.63, 3.8) is 0 Å². The van der Waals surface area contributed by atoms with E-state index in [1.54, 1.807) is 13.2 Å². The molecule has 0 aliphatic heterocycles. The minimum atomic E-state index is -0.273. The Bertz CT molecular complexity index is 541. The fourth-order valence-electron chi connectivity index (χ4n) is 2.03. The molecule has 0 radical (unpaired) electrons. The maximum Gasteiger partial charge on any atom is 0.134 e. The Balaban J connectivity index is 2.16. The van der Waals surface area contributed by atoms with Crippen LogP contribution < -0.4 is 11.3 Å². The Labute approximate surface area is 111 Å². The second-order valence-corrected chi connectivity index (χ2v) is 4.67. The predicted molar refractivity (Wildman–Crippen MR) is 71.9 cm³/mol. The Hall–Kier alpha value is -1.43. The Morgan fingerprint density at radius 1 is 1.37 bits per heavy atom. The van der Waals surface area contributed by atoms with Crippen LogP contribution in [0.25, 0.3) is 11.0 Å². The van der Waals surface area contributed by atoms with E-state index in [1.165, 1.54) is 12.1 Å². The van der Waals surface area contributed by atoms with Crippen molar-refractivity contribution in [1.82, 2.24) is 5.43 Å². The van der Waals surface area contributed by atoms with Crippen LogP contribution in [0.1, 0.15) is 31.6 Å². The van der Waals surface area contributed by atoms with Crippen LogP contribution in [-0.2, 0) is 4.74 Å². The van der Waals surface area contributed by atoms with Gasteiger partial charge in [0.1, 0.15) is 17.2 Å². The summed E-state index contributed by atoms with van der Waals surface area (Å²) in [6, 6.07) is 6.18. The molecule has 4 nitrogen and oxygen atoms in total. The summed E-state index contributed by atoms with van der Waals surface area (Å²) in [5.41, 5.74) is 3.39. The van der Waals surface area contributed by atoms with E-state index in [0.717, 1.165) is 18.2 Å². The molecule has 2 aromatic rings. The van der Waals surface area contributed by atoms with Gasteiger partial charge in [0.15, 0.2) is 0 Å². The Morgan fingerprint density at radius 2 is 2.16 bits per heavy atom. The lowest BCUT2D eigenvalue weighted by Crippen LogP contribution is -2.28. The van der Waals surface area contributed by atoms with E-state index in [2.05, 4.69) is 5.43 Å². The molecule has 0 saturated heterocycles. The van der Waals surface area contributed by atoms with E-state index in [-0.39, 0.29) is 18.0 Å². The van der Waals surface area contributed by atoms with Gasteiger partial charge in [0.25, 0.3) is 0 Å². The maximum absolute atomic E-state index is 13.1. The van der Waals surface area contributed by atoms with Gasteiger partial charge >= 0.3 is 0 Å². The summed E-state index contributed by atoms with van der Waals surface area (Å²) < 4.78 is 24.0. The molecule has 104 valence electrons. The van der Waals surface area contributed by atoms with Gasteiger partial charge in [-0.25, -0.2) is 9.82 Å². The van der Waals surface area contributed by atoms with Crippen LogP contribution in [0, 0.1) is 5.82 Å². The molecule has 2 rings (SSSR count). The van der Waals surface area contributed by atoms with Crippen LogP contribution in [0.5, 0.6) is 0 Å². The molecule has 2 atom stereocenters. The fraction of sp³-hybridized carbons (Fsp3) is 0.429. The van der Waals surface area contributed by atoms with E-state index in [1.807, 2.05) is 13.0 Å². The first kappa shape index (κ1) is 14.0. The van der Waals surface area contributed by atoms with Crippen LogP contribution in [0.15, 0.2) is 28.7 Å². The average Bonchev–Trinajstić information content (AvgIpc) is 2.81. The third-order valence-corrected chi connectivity index (χ3v) is 3.31. The van der Waals surface area contributed by atoms with E-state index in [9.17, 15) is 4.39 Å². The van der Waals surface area contributed by atoms with Gasteiger partial charge in [-0.3, -0.25) is 5.84 Å². The van der Waals surface area contributed by atoms with Gasteiger partial charge in [0.05, 0.1) is 12.1 Å². The minimum absolute atomic E-state index is 0.104. The van der Waals surface area contributed by atoms with Crippen molar-refractivity contribution in [2.75, 3.05) is 7.11 Å². The van der Waals surface area contributed by atoms with Crippen LogP contribution in [0.4, 0.5) is 4.39 Å². The van der Waals surface area contributed by atoms with E-state index >= 15 is 0 Å². The molecule has 1 aromatic heterocycles. The molecule has 0 fully saturated rings. The molecular formula is C14H19FN2O2. The summed E-state index contributed by atoms with van der Waals surface area (Å²) in [5, 5.41) is 0.745. The third-order valence-electron chi connectivity index (χ3n) is 3.31. The molecule has 5 heteroatoms. The number of nitrogens with two attached hydrogens (primary N) is 1. The SMILES string of the molecule is COC(C)CCC(NN)c1cc2cc(F)ccc2o1. The number of methoxy groups -OCH3 is 1. The van der Waals surface area contributed by atoms with E-state index in [0.29, 0.717) is 11.3 Å². The van der Waals surface area contributed by atoms with Crippen LogP contribution in [0.3, 0.4) is 0 Å². The average molecular weight is 266 g/mol. The van der Waals surface area contributed by atoms with Gasteiger partial charge in [0.2, 0.25) is 0 Å². The number of hydrazine groups is 1. The standard InChI is InChI=1S/C14H19FN2O2/c1-9(18-2)3-5-12(17-16)14-8-10-7-11(15)4-6-13(10)19-14/h4,6-9,12,17H,3,5,16H2,1-2H3. The number of nitrogens with one attached hydrogen (secondary N) is 1. The summed E-state index contributed by atoms with van der Waals surface area (Å²) in [6.07, 6.45) is 1.81. The molecule has 0 spiro atoms. The molecule has 0 aliphatic carbocycles. The lowest BCUT2D eigenvalue weighted by Gasteiger charge is -2.15. The van der Waals surface area contributed by atoms with Crippen molar-refractivity contribution in [3.8, 4) is 0 Å². The van der Waals surface area contributed by atoms with Crippen LogP contribution in [0.2, 0.25) is 0 Å². The van der Waals surface area contributed by atoms with E-state index < -0.39 is 0 Å². The first-order chi connectivity index (χ1) is 9.13. The summed E-state index contributed by atoms with van der Waals surface area (Å²) in [4.78, 5) is 0. The summed E-state index contributed by atoms with van der Waals surface area (Å²) in [6.45, 7) is 2.00. The Morgan fingerprint density at radius 3 is 2.84 bits per heavy atom. The first-order valence-electron chi connectivity index (χ1n) is 6.32. The van der Waals surface area contributed by atoms with Gasteiger partial charge < -0.3 is 9.15 Å². The van der Waals surface area contributed by atoms with Crippen LogP contribution in [-0.4, -0.2) is 13.2 Å². The number of halogens is 1. The first-order valence-corrected chi connectivity index (χ1v) is 6.32. The lowest BCUT2D eigenvalue weighted by atomic mass is 10.1. The van der Waals surface area contributed by atoms with Crippen molar-refractivity contribution < 1.29 is 13.5 Å². The monoisotopic (exact) mass is 266 g/mol. The molecule has 19 heavy (non-hydrogen) atoms. The van der Waals surface area contributed by atoms with Crippen molar-refractivity contribution >= 4 is 11.0 Å². The molecule has 1 aromatic carbocycles. The topological polar surface area (TPSA) is 60.4 Å². The highest BCUT2D eigenvalue weighted by molar-refractivity contribution is 5.78. The zero-order chi connectivity index (χ0) is 13.8. The minimum Gasteiger partial charge on any atom is -0.459 e. The third kappa shape index (κ3) is 3.32. The summed E-state index contributed by atoms with van der Waals surface area (Å²) in [7, 11) is 1.68. The van der Waals surface area contributed by atoms with Gasteiger partial charge in [-0.1, -0.05) is 0 Å². The number of benzene rings is 1. The predicted octanol–water partition coefficient (Wildman–Crippen LogP) is 2.89. The number of ether oxygens (including phenoxy) is 1. The van der Waals surface area contributed by atoms with Gasteiger partial charge in [-0.2, -0.15) is 0 Å². The Kier molecular flexibility index (Phi) is 4.52. The summed E-state index contributed by atoms with van der Waals surface area (Å²) >= 11 is 0. The number of rotatable bonds is 6. The molecule has 0 bridgehead atoms. The quantitative estimate of drug-likeness (QED) is 0.623. The zero-order valence-corrected chi connectivity index (χ0v) is 11.2. The molecule has 0 amide bonds. The highest BCUT2D eigenvalue weighted by Crippen LogP contribution is 2.27. The number of fused-ring (bicyclic) bond motifs is 1. The zero-order valence-electron chi connectivity index (χ0n) is 11.2. The second kappa shape index (κ2) is 6.14. The molecule has 3 N–H and O–H groups in total. The molecule has 0 aliphatic rings. The number of hydrogen-bond acceptors (Lipinski definition) is 4. The van der Waals surface area contributed by atoms with Crippen molar-refractivity contribution in [3.05, 3.63) is 35.8 Å². The van der Waals surface area contributed by atoms with Gasteiger partial charge in [0, 0.05) is 12.5 Å². The van der Waals surface area contributed by atoms with Crippen molar-refractivity contribution in [2.45, 2.75) is 31.9 Å².